The van der Waals surface area contributed by atoms with Gasteiger partial charge in [0.25, 0.3) is 0 Å². The van der Waals surface area contributed by atoms with Crippen LogP contribution in [0.3, 0.4) is 0 Å². The predicted molar refractivity (Wildman–Crippen MR) is 155 cm³/mol. The zero-order chi connectivity index (χ0) is 31.3. The van der Waals surface area contributed by atoms with Crippen LogP contribution in [-0.2, 0) is 23.6 Å². The Morgan fingerprint density at radius 1 is 0.841 bits per heavy atom. The Kier molecular flexibility index (Phi) is 10.2. The minimum atomic E-state index is -4.73. The number of nitrogens with one attached hydrogen (secondary N) is 2. The van der Waals surface area contributed by atoms with Gasteiger partial charge < -0.3 is 20.4 Å². The minimum absolute atomic E-state index is 0.0700. The molecule has 0 bridgehead atoms. The molecule has 0 unspecified atom stereocenters. The van der Waals surface area contributed by atoms with Gasteiger partial charge in [0.2, 0.25) is 11.7 Å². The molecule has 1 aromatic carbocycles. The van der Waals surface area contributed by atoms with E-state index in [4.69, 9.17) is 0 Å². The van der Waals surface area contributed by atoms with E-state index in [2.05, 4.69) is 20.6 Å². The number of rotatable bonds is 10. The number of carbonyl (C=O) groups is 1. The van der Waals surface area contributed by atoms with Crippen molar-refractivity contribution in [3.8, 4) is 0 Å². The maximum atomic E-state index is 13.8. The maximum absolute atomic E-state index is 13.8. The third-order valence-electron chi connectivity index (χ3n) is 9.19. The number of aromatic nitrogens is 2. The second-order valence-corrected chi connectivity index (χ2v) is 12.2. The summed E-state index contributed by atoms with van der Waals surface area (Å²) in [5.41, 5.74) is -0.116. The number of halogens is 6. The van der Waals surface area contributed by atoms with Crippen LogP contribution in [0.1, 0.15) is 68.3 Å². The van der Waals surface area contributed by atoms with Gasteiger partial charge in [0.15, 0.2) is 0 Å². The lowest BCUT2D eigenvalue weighted by Crippen LogP contribution is -2.57. The summed E-state index contributed by atoms with van der Waals surface area (Å²) in [6, 6.07) is 5.59. The van der Waals surface area contributed by atoms with Gasteiger partial charge in [0.1, 0.15) is 17.7 Å². The van der Waals surface area contributed by atoms with Gasteiger partial charge >= 0.3 is 12.4 Å². The number of nitrogens with zero attached hydrogens (tertiary/aromatic N) is 4. The molecule has 1 aromatic heterocycles. The highest BCUT2D eigenvalue weighted by Gasteiger charge is 2.40. The molecule has 3 saturated heterocycles. The van der Waals surface area contributed by atoms with E-state index < -0.39 is 29.8 Å². The largest absolute Gasteiger partial charge is 0.451 e. The fourth-order valence-electron chi connectivity index (χ4n) is 6.42. The third kappa shape index (κ3) is 8.33. The molecule has 3 aliphatic rings. The van der Waals surface area contributed by atoms with Crippen LogP contribution in [-0.4, -0.2) is 61.2 Å². The first-order chi connectivity index (χ1) is 21.0. The number of anilines is 2. The fraction of sp³-hybridized carbons (Fsp3) is 0.645. The molecular weight excluding hydrogens is 586 g/mol. The number of amides is 1. The van der Waals surface area contributed by atoms with E-state index in [-0.39, 0.29) is 24.1 Å². The van der Waals surface area contributed by atoms with E-state index in [1.54, 1.807) is 11.0 Å². The zero-order valence-corrected chi connectivity index (χ0v) is 24.7. The fourth-order valence-corrected chi connectivity index (χ4v) is 6.42. The van der Waals surface area contributed by atoms with Crippen molar-refractivity contribution < 1.29 is 31.1 Å². The first kappa shape index (κ1) is 32.3. The number of hydrogen-bond acceptors (Lipinski definition) is 6. The molecule has 1 atom stereocenters. The molecular formula is C31H40F6N6O. The summed E-state index contributed by atoms with van der Waals surface area (Å²) in [5, 5.41) is 6.16. The van der Waals surface area contributed by atoms with Crippen LogP contribution in [0.25, 0.3) is 0 Å². The van der Waals surface area contributed by atoms with Crippen molar-refractivity contribution in [1.82, 2.24) is 20.6 Å². The van der Waals surface area contributed by atoms with E-state index >= 15 is 0 Å². The van der Waals surface area contributed by atoms with Crippen LogP contribution >= 0.6 is 0 Å². The molecule has 2 N–H and O–H groups in total. The van der Waals surface area contributed by atoms with Crippen LogP contribution in [0.2, 0.25) is 0 Å². The highest BCUT2D eigenvalue weighted by Crippen LogP contribution is 2.35. The van der Waals surface area contributed by atoms with Crippen molar-refractivity contribution >= 4 is 17.5 Å². The van der Waals surface area contributed by atoms with Crippen LogP contribution in [0.4, 0.5) is 38.0 Å². The topological polar surface area (TPSA) is 73.4 Å². The highest BCUT2D eigenvalue weighted by atomic mass is 19.4. The molecule has 4 heterocycles. The van der Waals surface area contributed by atoms with Crippen LogP contribution in [0.5, 0.6) is 0 Å². The Balaban J connectivity index is 1.15. The molecule has 3 fully saturated rings. The standard InChI is InChI=1S/C31H40F6N6O/c32-30(33,34)24-6-4-23(5-7-24)10-16-39-28(44)25-13-19-43(25)27-20-26(40-29(41-27)31(35,36)37)42-17-11-22(12-18-42)3-1-2-21-8-14-38-15-9-21/h4-7,20-22,25,38H,1-3,8-19H2,(H,39,44)/t25-/m0/s1. The molecule has 2 aromatic rings. The molecule has 0 radical (unpaired) electrons. The lowest BCUT2D eigenvalue weighted by atomic mass is 9.87. The Bertz CT molecular complexity index is 1240. The number of alkyl halides is 6. The molecule has 1 amide bonds. The SMILES string of the molecule is O=C(NCCc1ccc(C(F)(F)F)cc1)[C@@H]1CCN1c1cc(N2CCC(CCCC3CCNCC3)CC2)nc(C(F)(F)F)n1. The summed E-state index contributed by atoms with van der Waals surface area (Å²) in [6.45, 7) is 4.00. The molecule has 242 valence electrons. The molecule has 5 rings (SSSR count). The Labute approximate surface area is 253 Å². The lowest BCUT2D eigenvalue weighted by molar-refractivity contribution is -0.144. The summed E-state index contributed by atoms with van der Waals surface area (Å²) >= 11 is 0. The first-order valence-electron chi connectivity index (χ1n) is 15.6. The lowest BCUT2D eigenvalue weighted by Gasteiger charge is -2.41. The van der Waals surface area contributed by atoms with E-state index in [0.717, 1.165) is 50.4 Å². The highest BCUT2D eigenvalue weighted by molar-refractivity contribution is 5.86. The molecule has 7 nitrogen and oxygen atoms in total. The third-order valence-corrected chi connectivity index (χ3v) is 9.19. The van der Waals surface area contributed by atoms with Crippen molar-refractivity contribution in [3.05, 3.63) is 47.3 Å². The van der Waals surface area contributed by atoms with Gasteiger partial charge in [-0.15, -0.1) is 0 Å². The normalized spacial score (nSPS) is 20.5. The summed E-state index contributed by atoms with van der Waals surface area (Å²) in [5.74, 6) is 0.0689. The van der Waals surface area contributed by atoms with Gasteiger partial charge in [0.05, 0.1) is 5.56 Å². The number of hydrogen-bond donors (Lipinski definition) is 2. The van der Waals surface area contributed by atoms with E-state index in [1.165, 1.54) is 37.8 Å². The van der Waals surface area contributed by atoms with Crippen molar-refractivity contribution in [2.24, 2.45) is 11.8 Å². The number of carbonyl (C=O) groups excluding carboxylic acids is 1. The minimum Gasteiger partial charge on any atom is -0.356 e. The van der Waals surface area contributed by atoms with Crippen LogP contribution in [0.15, 0.2) is 30.3 Å². The average Bonchev–Trinajstić information content (AvgIpc) is 2.97. The Morgan fingerprint density at radius 2 is 1.48 bits per heavy atom. The van der Waals surface area contributed by atoms with E-state index in [9.17, 15) is 31.1 Å². The van der Waals surface area contributed by atoms with Gasteiger partial charge in [-0.25, -0.2) is 9.97 Å². The van der Waals surface area contributed by atoms with Gasteiger partial charge in [-0.1, -0.05) is 31.4 Å². The van der Waals surface area contributed by atoms with Gasteiger partial charge in [-0.05, 0) is 81.1 Å². The molecule has 13 heteroatoms. The molecule has 0 spiro atoms. The first-order valence-corrected chi connectivity index (χ1v) is 15.6. The Morgan fingerprint density at radius 3 is 2.07 bits per heavy atom. The molecule has 44 heavy (non-hydrogen) atoms. The molecule has 3 aliphatic heterocycles. The number of piperidine rings is 2. The molecule has 0 aliphatic carbocycles. The second kappa shape index (κ2) is 13.9. The van der Waals surface area contributed by atoms with Crippen molar-refractivity contribution in [3.63, 3.8) is 0 Å². The summed E-state index contributed by atoms with van der Waals surface area (Å²) in [4.78, 5) is 24.0. The predicted octanol–water partition coefficient (Wildman–Crippen LogP) is 5.84. The van der Waals surface area contributed by atoms with Gasteiger partial charge in [-0.2, -0.15) is 26.3 Å². The summed E-state index contributed by atoms with van der Waals surface area (Å²) < 4.78 is 79.8. The van der Waals surface area contributed by atoms with Gasteiger partial charge in [-0.3, -0.25) is 4.79 Å². The monoisotopic (exact) mass is 626 g/mol. The van der Waals surface area contributed by atoms with Crippen molar-refractivity contribution in [2.45, 2.75) is 76.2 Å². The van der Waals surface area contributed by atoms with Crippen molar-refractivity contribution in [1.29, 1.82) is 0 Å². The van der Waals surface area contributed by atoms with E-state index in [1.807, 2.05) is 4.90 Å². The summed E-state index contributed by atoms with van der Waals surface area (Å²) in [7, 11) is 0. The Hall–Kier alpha value is -3.09. The average molecular weight is 627 g/mol. The summed E-state index contributed by atoms with van der Waals surface area (Å²) in [6.07, 6.45) is -0.532. The van der Waals surface area contributed by atoms with Gasteiger partial charge in [0, 0.05) is 32.2 Å². The van der Waals surface area contributed by atoms with Crippen molar-refractivity contribution in [2.75, 3.05) is 49.1 Å². The van der Waals surface area contributed by atoms with Crippen LogP contribution < -0.4 is 20.4 Å². The second-order valence-electron chi connectivity index (χ2n) is 12.2. The van der Waals surface area contributed by atoms with Crippen LogP contribution in [0, 0.1) is 11.8 Å². The smallest absolute Gasteiger partial charge is 0.356 e. The maximum Gasteiger partial charge on any atom is 0.451 e. The molecule has 0 saturated carbocycles. The zero-order valence-electron chi connectivity index (χ0n) is 24.7. The number of benzene rings is 1. The quantitative estimate of drug-likeness (QED) is 0.323. The van der Waals surface area contributed by atoms with E-state index in [0.29, 0.717) is 44.0 Å².